The van der Waals surface area contributed by atoms with E-state index in [-0.39, 0.29) is 32.2 Å². The van der Waals surface area contributed by atoms with Crippen LogP contribution in [-0.2, 0) is 16.1 Å². The van der Waals surface area contributed by atoms with Crippen LogP contribution in [0.1, 0.15) is 34.5 Å². The third kappa shape index (κ3) is 9.68. The molecule has 0 fully saturated rings. The van der Waals surface area contributed by atoms with Crippen LogP contribution in [0.5, 0.6) is 0 Å². The Balaban J connectivity index is 0.00000533. The van der Waals surface area contributed by atoms with Crippen molar-refractivity contribution in [3.8, 4) is 11.8 Å². The molecular formula is C29H32FN5O4. The van der Waals surface area contributed by atoms with Crippen LogP contribution in [0.4, 0.5) is 10.1 Å². The van der Waals surface area contributed by atoms with E-state index >= 15 is 0 Å². The number of likely N-dealkylation sites (N-methyl/N-ethyl adjacent to an activating group) is 1. The van der Waals surface area contributed by atoms with Gasteiger partial charge < -0.3 is 16.4 Å². The van der Waals surface area contributed by atoms with Crippen molar-refractivity contribution in [2.45, 2.75) is 20.0 Å². The molecule has 0 aliphatic rings. The number of carbonyl (C=O) groups is 3. The van der Waals surface area contributed by atoms with Crippen LogP contribution < -0.4 is 21.8 Å². The molecule has 0 unspecified atom stereocenters. The van der Waals surface area contributed by atoms with Gasteiger partial charge in [-0.25, -0.2) is 9.87 Å². The molecule has 204 valence electrons. The number of rotatable bonds is 9. The van der Waals surface area contributed by atoms with Crippen molar-refractivity contribution in [2.24, 2.45) is 5.73 Å². The quantitative estimate of drug-likeness (QED) is 0.163. The summed E-state index contributed by atoms with van der Waals surface area (Å²) in [6.45, 7) is 0.422. The molecule has 3 amide bonds. The van der Waals surface area contributed by atoms with Crippen LogP contribution in [0.3, 0.4) is 0 Å². The van der Waals surface area contributed by atoms with E-state index in [9.17, 15) is 18.8 Å². The van der Waals surface area contributed by atoms with Crippen molar-refractivity contribution < 1.29 is 24.0 Å². The van der Waals surface area contributed by atoms with E-state index in [0.717, 1.165) is 11.1 Å². The van der Waals surface area contributed by atoms with Gasteiger partial charge in [0.05, 0.1) is 6.54 Å². The number of nitrogens with one attached hydrogen (secondary N) is 3. The van der Waals surface area contributed by atoms with Gasteiger partial charge in [-0.1, -0.05) is 31.4 Å². The van der Waals surface area contributed by atoms with Gasteiger partial charge in [-0.2, -0.15) is 0 Å². The van der Waals surface area contributed by atoms with E-state index in [4.69, 9.17) is 10.9 Å². The molecule has 0 heterocycles. The highest BCUT2D eigenvalue weighted by atomic mass is 19.1. The second-order valence-corrected chi connectivity index (χ2v) is 8.49. The summed E-state index contributed by atoms with van der Waals surface area (Å²) in [5.41, 5.74) is 10.0. The average Bonchev–Trinajstić information content (AvgIpc) is 2.91. The second kappa shape index (κ2) is 15.0. The predicted octanol–water partition coefficient (Wildman–Crippen LogP) is 2.49. The van der Waals surface area contributed by atoms with E-state index < -0.39 is 17.9 Å². The van der Waals surface area contributed by atoms with Crippen molar-refractivity contribution in [2.75, 3.05) is 25.5 Å². The van der Waals surface area contributed by atoms with E-state index in [2.05, 4.69) is 22.5 Å². The molecule has 0 saturated carbocycles. The van der Waals surface area contributed by atoms with Crippen LogP contribution >= 0.6 is 0 Å². The van der Waals surface area contributed by atoms with Gasteiger partial charge in [-0.3, -0.25) is 24.5 Å². The first-order valence-electron chi connectivity index (χ1n) is 11.7. The van der Waals surface area contributed by atoms with E-state index in [1.54, 1.807) is 66.5 Å². The van der Waals surface area contributed by atoms with Crippen LogP contribution in [-0.4, -0.2) is 54.0 Å². The van der Waals surface area contributed by atoms with Gasteiger partial charge in [0.2, 0.25) is 5.91 Å². The summed E-state index contributed by atoms with van der Waals surface area (Å²) < 4.78 is 13.3. The third-order valence-electron chi connectivity index (χ3n) is 5.39. The zero-order valence-electron chi connectivity index (χ0n) is 20.7. The van der Waals surface area contributed by atoms with Crippen molar-refractivity contribution in [3.63, 3.8) is 0 Å². The fourth-order valence-electron chi connectivity index (χ4n) is 3.49. The summed E-state index contributed by atoms with van der Waals surface area (Å²) in [7, 11) is 1.79. The summed E-state index contributed by atoms with van der Waals surface area (Å²) >= 11 is 0. The number of amides is 3. The Morgan fingerprint density at radius 2 is 1.62 bits per heavy atom. The zero-order chi connectivity index (χ0) is 27.5. The highest BCUT2D eigenvalue weighted by Crippen LogP contribution is 2.11. The molecular weight excluding hydrogens is 501 g/mol. The Morgan fingerprint density at radius 3 is 2.18 bits per heavy atom. The predicted molar refractivity (Wildman–Crippen MR) is 147 cm³/mol. The van der Waals surface area contributed by atoms with E-state index in [1.165, 1.54) is 17.6 Å². The number of nitrogens with zero attached hydrogens (tertiary/aromatic N) is 1. The third-order valence-corrected chi connectivity index (χ3v) is 5.39. The molecule has 1 atom stereocenters. The van der Waals surface area contributed by atoms with Gasteiger partial charge in [0.25, 0.3) is 11.8 Å². The number of halogens is 1. The zero-order valence-corrected chi connectivity index (χ0v) is 20.7. The molecule has 6 N–H and O–H groups in total. The van der Waals surface area contributed by atoms with Crippen LogP contribution in [0, 0.1) is 17.7 Å². The Kier molecular flexibility index (Phi) is 11.8. The molecule has 0 saturated heterocycles. The summed E-state index contributed by atoms with van der Waals surface area (Å²) in [5.74, 6) is 4.20. The highest BCUT2D eigenvalue weighted by Gasteiger charge is 2.19. The average molecular weight is 534 g/mol. The lowest BCUT2D eigenvalue weighted by atomic mass is 10.1. The number of carbonyl (C=O) groups excluding carboxylic acids is 3. The molecule has 0 aromatic heterocycles. The van der Waals surface area contributed by atoms with Gasteiger partial charge in [0, 0.05) is 35.5 Å². The normalized spacial score (nSPS) is 10.9. The summed E-state index contributed by atoms with van der Waals surface area (Å²) in [5, 5.41) is 14.0. The summed E-state index contributed by atoms with van der Waals surface area (Å²) in [4.78, 5) is 37.9. The lowest BCUT2D eigenvalue weighted by molar-refractivity contribution is -0.130. The van der Waals surface area contributed by atoms with Gasteiger partial charge in [0.1, 0.15) is 11.9 Å². The van der Waals surface area contributed by atoms with Gasteiger partial charge in [-0.05, 0) is 73.3 Å². The standard InChI is InChI=1S/C28H28FN5O4.CH4/c1-34(17-21-3-2-4-23(29)15-21)18-26(35)31-24-13-9-20(10-14-24)6-5-19-7-11-22(12-8-19)27(36)32-25(16-30)28(37)33-38;/h2-4,7-15,25,38H,16-18,30H2,1H3,(H,31,35)(H,32,36)(H,33,37);1H4/t25-;/m0./s1. The molecule has 39 heavy (non-hydrogen) atoms. The fourth-order valence-corrected chi connectivity index (χ4v) is 3.49. The fraction of sp³-hybridized carbons (Fsp3) is 0.207. The molecule has 3 rings (SSSR count). The Bertz CT molecular complexity index is 1330. The smallest absolute Gasteiger partial charge is 0.267 e. The maximum absolute atomic E-state index is 13.3. The minimum atomic E-state index is -1.05. The van der Waals surface area contributed by atoms with Crippen molar-refractivity contribution in [1.29, 1.82) is 0 Å². The number of anilines is 1. The van der Waals surface area contributed by atoms with E-state index in [1.807, 2.05) is 6.07 Å². The van der Waals surface area contributed by atoms with Crippen LogP contribution in [0.15, 0.2) is 72.8 Å². The first-order chi connectivity index (χ1) is 18.3. The minimum absolute atomic E-state index is 0. The van der Waals surface area contributed by atoms with Gasteiger partial charge in [-0.15, -0.1) is 0 Å². The molecule has 9 nitrogen and oxygen atoms in total. The highest BCUT2D eigenvalue weighted by molar-refractivity contribution is 5.97. The Hall–Kier alpha value is -4.56. The Morgan fingerprint density at radius 1 is 1.00 bits per heavy atom. The largest absolute Gasteiger partial charge is 0.339 e. The van der Waals surface area contributed by atoms with E-state index in [0.29, 0.717) is 23.4 Å². The van der Waals surface area contributed by atoms with Crippen molar-refractivity contribution in [1.82, 2.24) is 15.7 Å². The monoisotopic (exact) mass is 533 g/mol. The first kappa shape index (κ1) is 30.7. The maximum atomic E-state index is 13.3. The molecule has 3 aromatic carbocycles. The second-order valence-electron chi connectivity index (χ2n) is 8.49. The topological polar surface area (TPSA) is 137 Å². The lowest BCUT2D eigenvalue weighted by Crippen LogP contribution is -2.50. The molecule has 0 radical (unpaired) electrons. The number of nitrogens with two attached hydrogens (primary N) is 1. The van der Waals surface area contributed by atoms with Crippen LogP contribution in [0.2, 0.25) is 0 Å². The molecule has 0 aliphatic carbocycles. The Labute approximate surface area is 227 Å². The molecule has 10 heteroatoms. The molecule has 0 bridgehead atoms. The molecule has 3 aromatic rings. The molecule has 0 aliphatic heterocycles. The van der Waals surface area contributed by atoms with Crippen molar-refractivity contribution in [3.05, 3.63) is 101 Å². The first-order valence-corrected chi connectivity index (χ1v) is 11.7. The molecule has 0 spiro atoms. The summed E-state index contributed by atoms with van der Waals surface area (Å²) in [6.07, 6.45) is 0. The van der Waals surface area contributed by atoms with Gasteiger partial charge in [0.15, 0.2) is 0 Å². The maximum Gasteiger partial charge on any atom is 0.267 e. The number of benzene rings is 3. The SMILES string of the molecule is C.CN(CC(=O)Nc1ccc(C#Cc2ccc(C(=O)N[C@@H](CN)C(=O)NO)cc2)cc1)Cc1cccc(F)c1. The number of hydrogen-bond acceptors (Lipinski definition) is 6. The van der Waals surface area contributed by atoms with Crippen molar-refractivity contribution >= 4 is 23.4 Å². The lowest BCUT2D eigenvalue weighted by Gasteiger charge is -2.16. The van der Waals surface area contributed by atoms with Gasteiger partial charge >= 0.3 is 0 Å². The van der Waals surface area contributed by atoms with Crippen LogP contribution in [0.25, 0.3) is 0 Å². The number of hydroxylamine groups is 1. The number of hydrogen-bond donors (Lipinski definition) is 5. The summed E-state index contributed by atoms with van der Waals surface area (Å²) in [6, 6.07) is 18.7. The minimum Gasteiger partial charge on any atom is -0.339 e.